The second-order valence-corrected chi connectivity index (χ2v) is 3.91. The standard InChI is InChI=1S/C4H11O3P/c1-3-4(2)8(5,6)7/h4H,3H2,1-2H3,(H2,5,6,7)/t4-/m1/s1. The zero-order chi connectivity index (χ0) is 6.78. The maximum absolute atomic E-state index is 10.3. The Kier molecular flexibility index (Phi) is 2.67. The van der Waals surface area contributed by atoms with Crippen LogP contribution < -0.4 is 0 Å². The van der Waals surface area contributed by atoms with E-state index < -0.39 is 13.3 Å². The summed E-state index contributed by atoms with van der Waals surface area (Å²) in [6.45, 7) is 3.30. The van der Waals surface area contributed by atoms with Gasteiger partial charge in [0, 0.05) is 0 Å². The van der Waals surface area contributed by atoms with Crippen molar-refractivity contribution >= 4 is 7.60 Å². The molecule has 4 heteroatoms. The van der Waals surface area contributed by atoms with Crippen LogP contribution >= 0.6 is 7.60 Å². The van der Waals surface area contributed by atoms with Gasteiger partial charge in [-0.3, -0.25) is 4.57 Å². The van der Waals surface area contributed by atoms with E-state index in [0.29, 0.717) is 6.42 Å². The fourth-order valence-electron chi connectivity index (χ4n) is 0.238. The van der Waals surface area contributed by atoms with Gasteiger partial charge in [0.25, 0.3) is 0 Å². The molecule has 3 nitrogen and oxygen atoms in total. The molecule has 0 fully saturated rings. The highest BCUT2D eigenvalue weighted by Gasteiger charge is 2.20. The molecule has 0 radical (unpaired) electrons. The molecule has 0 rings (SSSR count). The zero-order valence-corrected chi connectivity index (χ0v) is 5.93. The van der Waals surface area contributed by atoms with Crippen molar-refractivity contribution < 1.29 is 14.4 Å². The van der Waals surface area contributed by atoms with Crippen molar-refractivity contribution in [3.63, 3.8) is 0 Å². The first kappa shape index (κ1) is 8.15. The highest BCUT2D eigenvalue weighted by atomic mass is 31.2. The molecule has 0 unspecified atom stereocenters. The first-order chi connectivity index (χ1) is 3.48. The lowest BCUT2D eigenvalue weighted by Gasteiger charge is -2.08. The van der Waals surface area contributed by atoms with E-state index in [-0.39, 0.29) is 0 Å². The van der Waals surface area contributed by atoms with Crippen molar-refractivity contribution in [3.05, 3.63) is 0 Å². The molecule has 2 N–H and O–H groups in total. The van der Waals surface area contributed by atoms with E-state index in [1.165, 1.54) is 0 Å². The monoisotopic (exact) mass is 138 g/mol. The topological polar surface area (TPSA) is 57.5 Å². The second kappa shape index (κ2) is 2.62. The summed E-state index contributed by atoms with van der Waals surface area (Å²) in [5, 5.41) is 0. The van der Waals surface area contributed by atoms with E-state index in [1.54, 1.807) is 13.8 Å². The summed E-state index contributed by atoms with van der Waals surface area (Å²) < 4.78 is 10.3. The van der Waals surface area contributed by atoms with E-state index in [4.69, 9.17) is 9.79 Å². The van der Waals surface area contributed by atoms with E-state index >= 15 is 0 Å². The third kappa shape index (κ3) is 2.46. The van der Waals surface area contributed by atoms with Crippen LogP contribution in [0.5, 0.6) is 0 Å². The molecule has 8 heavy (non-hydrogen) atoms. The summed E-state index contributed by atoms with van der Waals surface area (Å²) in [5.41, 5.74) is -0.484. The van der Waals surface area contributed by atoms with Gasteiger partial charge in [-0.25, -0.2) is 0 Å². The Morgan fingerprint density at radius 3 is 2.00 bits per heavy atom. The molecule has 1 atom stereocenters. The van der Waals surface area contributed by atoms with Crippen LogP contribution in [0.25, 0.3) is 0 Å². The molecule has 0 aliphatic heterocycles. The van der Waals surface area contributed by atoms with Crippen molar-refractivity contribution in [1.82, 2.24) is 0 Å². The maximum atomic E-state index is 10.3. The summed E-state index contributed by atoms with van der Waals surface area (Å²) in [7, 11) is -3.76. The van der Waals surface area contributed by atoms with Crippen LogP contribution in [0, 0.1) is 0 Å². The molecule has 0 amide bonds. The fraction of sp³-hybridized carbons (Fsp3) is 1.00. The van der Waals surface area contributed by atoms with Crippen LogP contribution in [0.3, 0.4) is 0 Å². The smallest absolute Gasteiger partial charge is 0.324 e. The Hall–Kier alpha value is 0.150. The molecule has 0 aromatic rings. The summed E-state index contributed by atoms with van der Waals surface area (Å²) in [6.07, 6.45) is 0.532. The predicted octanol–water partition coefficient (Wildman–Crippen LogP) is 0.963. The zero-order valence-electron chi connectivity index (χ0n) is 5.03. The molecule has 0 heterocycles. The van der Waals surface area contributed by atoms with Gasteiger partial charge in [-0.15, -0.1) is 0 Å². The Bertz CT molecular complexity index is 106. The SMILES string of the molecule is CC[C@@H](C)P(=O)(O)O. The van der Waals surface area contributed by atoms with Crippen molar-refractivity contribution in [3.8, 4) is 0 Å². The average Bonchev–Trinajstić information content (AvgIpc) is 1.62. The molecule has 0 aromatic heterocycles. The van der Waals surface area contributed by atoms with Crippen molar-refractivity contribution in [2.75, 3.05) is 0 Å². The van der Waals surface area contributed by atoms with Gasteiger partial charge < -0.3 is 9.79 Å². The van der Waals surface area contributed by atoms with Crippen LogP contribution in [0.2, 0.25) is 0 Å². The number of hydrogen-bond donors (Lipinski definition) is 2. The molecule has 50 valence electrons. The van der Waals surface area contributed by atoms with Gasteiger partial charge >= 0.3 is 7.60 Å². The Labute approximate surface area is 48.9 Å². The minimum absolute atomic E-state index is 0.484. The van der Waals surface area contributed by atoms with Crippen molar-refractivity contribution in [2.45, 2.75) is 25.9 Å². The van der Waals surface area contributed by atoms with E-state index in [2.05, 4.69) is 0 Å². The van der Waals surface area contributed by atoms with Crippen LogP contribution in [-0.4, -0.2) is 15.4 Å². The normalized spacial score (nSPS) is 16.0. The lowest BCUT2D eigenvalue weighted by atomic mass is 10.4. The van der Waals surface area contributed by atoms with Gasteiger partial charge in [-0.2, -0.15) is 0 Å². The van der Waals surface area contributed by atoms with Gasteiger partial charge in [0.2, 0.25) is 0 Å². The van der Waals surface area contributed by atoms with Crippen LogP contribution in [-0.2, 0) is 4.57 Å². The molecule has 0 bridgehead atoms. The molecule has 0 aliphatic rings. The maximum Gasteiger partial charge on any atom is 0.328 e. The Morgan fingerprint density at radius 1 is 1.62 bits per heavy atom. The van der Waals surface area contributed by atoms with Gasteiger partial charge in [-0.05, 0) is 6.42 Å². The largest absolute Gasteiger partial charge is 0.328 e. The molecular weight excluding hydrogens is 127 g/mol. The van der Waals surface area contributed by atoms with Gasteiger partial charge in [0.05, 0.1) is 5.66 Å². The minimum atomic E-state index is -3.76. The lowest BCUT2D eigenvalue weighted by Crippen LogP contribution is -1.99. The highest BCUT2D eigenvalue weighted by molar-refractivity contribution is 7.52. The Morgan fingerprint density at radius 2 is 2.00 bits per heavy atom. The van der Waals surface area contributed by atoms with Gasteiger partial charge in [0.15, 0.2) is 0 Å². The molecule has 0 aromatic carbocycles. The molecular formula is C4H11O3P. The van der Waals surface area contributed by atoms with Crippen LogP contribution in [0.15, 0.2) is 0 Å². The minimum Gasteiger partial charge on any atom is -0.324 e. The highest BCUT2D eigenvalue weighted by Crippen LogP contribution is 2.42. The van der Waals surface area contributed by atoms with Crippen molar-refractivity contribution in [2.24, 2.45) is 0 Å². The van der Waals surface area contributed by atoms with Crippen molar-refractivity contribution in [1.29, 1.82) is 0 Å². The van der Waals surface area contributed by atoms with Crippen LogP contribution in [0.1, 0.15) is 20.3 Å². The van der Waals surface area contributed by atoms with E-state index in [0.717, 1.165) is 0 Å². The molecule has 0 spiro atoms. The molecule has 0 aliphatic carbocycles. The Balaban J connectivity index is 3.82. The second-order valence-electron chi connectivity index (χ2n) is 1.85. The summed E-state index contributed by atoms with van der Waals surface area (Å²) in [6, 6.07) is 0. The fourth-order valence-corrected chi connectivity index (χ4v) is 0.714. The third-order valence-corrected chi connectivity index (χ3v) is 2.68. The molecule has 0 saturated heterocycles. The number of rotatable bonds is 2. The lowest BCUT2D eigenvalue weighted by molar-refractivity contribution is 0.359. The van der Waals surface area contributed by atoms with E-state index in [1.807, 2.05) is 0 Å². The van der Waals surface area contributed by atoms with Crippen LogP contribution in [0.4, 0.5) is 0 Å². The average molecular weight is 138 g/mol. The first-order valence-electron chi connectivity index (χ1n) is 2.53. The predicted molar refractivity (Wildman–Crippen MR) is 31.8 cm³/mol. The molecule has 0 saturated carbocycles. The quantitative estimate of drug-likeness (QED) is 0.559. The summed E-state index contributed by atoms with van der Waals surface area (Å²) in [5.74, 6) is 0. The number of hydrogen-bond acceptors (Lipinski definition) is 1. The first-order valence-corrected chi connectivity index (χ1v) is 4.22. The van der Waals surface area contributed by atoms with E-state index in [9.17, 15) is 4.57 Å². The third-order valence-electron chi connectivity index (χ3n) is 1.17. The van der Waals surface area contributed by atoms with Gasteiger partial charge in [0.1, 0.15) is 0 Å². The summed E-state index contributed by atoms with van der Waals surface area (Å²) >= 11 is 0. The summed E-state index contributed by atoms with van der Waals surface area (Å²) in [4.78, 5) is 16.8. The van der Waals surface area contributed by atoms with Gasteiger partial charge in [-0.1, -0.05) is 13.8 Å².